The maximum absolute atomic E-state index is 12.3. The third-order valence-corrected chi connectivity index (χ3v) is 4.12. The van der Waals surface area contributed by atoms with Crippen LogP contribution >= 0.6 is 11.3 Å². The van der Waals surface area contributed by atoms with E-state index in [9.17, 15) is 4.79 Å². The van der Waals surface area contributed by atoms with E-state index in [1.165, 1.54) is 11.3 Å². The molecule has 2 aromatic heterocycles. The number of carbonyl (C=O) groups is 1. The molecule has 0 saturated carbocycles. The summed E-state index contributed by atoms with van der Waals surface area (Å²) >= 11 is 1.41. The summed E-state index contributed by atoms with van der Waals surface area (Å²) in [6.07, 6.45) is 5.35. The van der Waals surface area contributed by atoms with Crippen LogP contribution < -0.4 is 16.0 Å². The number of hydrogen-bond donors (Lipinski definition) is 3. The van der Waals surface area contributed by atoms with Crippen molar-refractivity contribution in [2.45, 2.75) is 18.9 Å². The molecule has 2 aromatic rings. The van der Waals surface area contributed by atoms with E-state index in [-0.39, 0.29) is 11.9 Å². The van der Waals surface area contributed by atoms with Gasteiger partial charge < -0.3 is 16.0 Å². The molecule has 0 radical (unpaired) electrons. The van der Waals surface area contributed by atoms with E-state index >= 15 is 0 Å². The average molecular weight is 303 g/mol. The molecule has 21 heavy (non-hydrogen) atoms. The molecular formula is C14H17N5OS. The summed E-state index contributed by atoms with van der Waals surface area (Å²) in [5.74, 6) is -0.116. The van der Waals surface area contributed by atoms with Crippen LogP contribution in [0.1, 0.15) is 23.3 Å². The van der Waals surface area contributed by atoms with Gasteiger partial charge in [0.2, 0.25) is 0 Å². The molecule has 0 atom stereocenters. The van der Waals surface area contributed by atoms with Crippen molar-refractivity contribution in [3.63, 3.8) is 0 Å². The van der Waals surface area contributed by atoms with Crippen LogP contribution in [0.25, 0.3) is 0 Å². The smallest absolute Gasteiger partial charge is 0.273 e. The van der Waals surface area contributed by atoms with Crippen LogP contribution in [0, 0.1) is 0 Å². The molecule has 0 unspecified atom stereocenters. The number of nitrogens with one attached hydrogen (secondary N) is 3. The standard InChI is InChI=1S/C14H17N5OS/c20-13(18-10-3-6-15-7-4-10)12-14(21-9-17-12)19-11-2-1-5-16-8-11/h1-2,5,8-10,15,19H,3-4,6-7H2,(H,18,20). The van der Waals surface area contributed by atoms with Gasteiger partial charge in [0.05, 0.1) is 17.4 Å². The van der Waals surface area contributed by atoms with Gasteiger partial charge in [-0.3, -0.25) is 9.78 Å². The van der Waals surface area contributed by atoms with Gasteiger partial charge in [-0.05, 0) is 38.1 Å². The second-order valence-corrected chi connectivity index (χ2v) is 5.75. The van der Waals surface area contributed by atoms with Gasteiger partial charge in [-0.25, -0.2) is 4.98 Å². The molecule has 1 saturated heterocycles. The van der Waals surface area contributed by atoms with E-state index < -0.39 is 0 Å². The van der Waals surface area contributed by atoms with Gasteiger partial charge in [0.15, 0.2) is 5.69 Å². The van der Waals surface area contributed by atoms with Crippen molar-refractivity contribution in [1.29, 1.82) is 0 Å². The zero-order chi connectivity index (χ0) is 14.5. The summed E-state index contributed by atoms with van der Waals surface area (Å²) in [5, 5.41) is 10.3. The maximum atomic E-state index is 12.3. The lowest BCUT2D eigenvalue weighted by atomic mass is 10.1. The van der Waals surface area contributed by atoms with E-state index in [1.54, 1.807) is 17.9 Å². The molecule has 1 aliphatic rings. The summed E-state index contributed by atoms with van der Waals surface area (Å²) in [6.45, 7) is 1.89. The normalized spacial score (nSPS) is 15.6. The Morgan fingerprint density at radius 3 is 3.00 bits per heavy atom. The number of rotatable bonds is 4. The lowest BCUT2D eigenvalue weighted by Gasteiger charge is -2.23. The Kier molecular flexibility index (Phi) is 4.42. The van der Waals surface area contributed by atoms with E-state index in [4.69, 9.17) is 0 Å². The predicted octanol–water partition coefficient (Wildman–Crippen LogP) is 1.76. The first-order valence-corrected chi connectivity index (χ1v) is 7.83. The summed E-state index contributed by atoms with van der Waals surface area (Å²) in [5.41, 5.74) is 2.97. The number of nitrogens with zero attached hydrogens (tertiary/aromatic N) is 2. The molecule has 110 valence electrons. The van der Waals surface area contributed by atoms with Crippen molar-refractivity contribution in [1.82, 2.24) is 20.6 Å². The zero-order valence-corrected chi connectivity index (χ0v) is 12.3. The fourth-order valence-corrected chi connectivity index (χ4v) is 2.98. The van der Waals surface area contributed by atoms with Crippen LogP contribution in [0.4, 0.5) is 10.7 Å². The summed E-state index contributed by atoms with van der Waals surface area (Å²) < 4.78 is 0. The van der Waals surface area contributed by atoms with Gasteiger partial charge in [-0.15, -0.1) is 11.3 Å². The Morgan fingerprint density at radius 1 is 1.38 bits per heavy atom. The molecule has 3 heterocycles. The monoisotopic (exact) mass is 303 g/mol. The number of carbonyl (C=O) groups excluding carboxylic acids is 1. The molecule has 1 amide bonds. The van der Waals surface area contributed by atoms with Gasteiger partial charge in [-0.2, -0.15) is 0 Å². The van der Waals surface area contributed by atoms with E-state index in [0.29, 0.717) is 5.69 Å². The molecule has 3 N–H and O–H groups in total. The molecule has 7 heteroatoms. The molecule has 0 aromatic carbocycles. The first kappa shape index (κ1) is 14.0. The summed E-state index contributed by atoms with van der Waals surface area (Å²) in [7, 11) is 0. The minimum absolute atomic E-state index is 0.116. The highest BCUT2D eigenvalue weighted by Gasteiger charge is 2.20. The van der Waals surface area contributed by atoms with E-state index in [0.717, 1.165) is 36.6 Å². The van der Waals surface area contributed by atoms with Gasteiger partial charge in [-0.1, -0.05) is 0 Å². The highest BCUT2D eigenvalue weighted by Crippen LogP contribution is 2.24. The second-order valence-electron chi connectivity index (χ2n) is 4.89. The number of pyridine rings is 1. The Bertz CT molecular complexity index is 594. The third kappa shape index (κ3) is 3.56. The Labute approximate surface area is 127 Å². The molecule has 3 rings (SSSR count). The Morgan fingerprint density at radius 2 is 2.24 bits per heavy atom. The van der Waals surface area contributed by atoms with Crippen molar-refractivity contribution in [2.24, 2.45) is 0 Å². The maximum Gasteiger partial charge on any atom is 0.273 e. The highest BCUT2D eigenvalue weighted by atomic mass is 32.1. The van der Waals surface area contributed by atoms with E-state index in [2.05, 4.69) is 25.9 Å². The van der Waals surface area contributed by atoms with Gasteiger partial charge >= 0.3 is 0 Å². The minimum Gasteiger partial charge on any atom is -0.348 e. The number of piperidine rings is 1. The second kappa shape index (κ2) is 6.64. The molecular weight excluding hydrogens is 286 g/mol. The van der Waals surface area contributed by atoms with E-state index in [1.807, 2.05) is 12.1 Å². The highest BCUT2D eigenvalue weighted by molar-refractivity contribution is 7.14. The van der Waals surface area contributed by atoms with Crippen LogP contribution in [0.15, 0.2) is 30.0 Å². The number of anilines is 2. The fraction of sp³-hybridized carbons (Fsp3) is 0.357. The van der Waals surface area contributed by atoms with Gasteiger partial charge in [0.1, 0.15) is 5.00 Å². The number of thiazole rings is 1. The largest absolute Gasteiger partial charge is 0.348 e. The van der Waals surface area contributed by atoms with Gasteiger partial charge in [0, 0.05) is 12.2 Å². The Hall–Kier alpha value is -1.99. The van der Waals surface area contributed by atoms with Crippen LogP contribution in [0.2, 0.25) is 0 Å². The first-order valence-electron chi connectivity index (χ1n) is 6.95. The number of amides is 1. The lowest BCUT2D eigenvalue weighted by molar-refractivity contribution is 0.0926. The predicted molar refractivity (Wildman–Crippen MR) is 83.0 cm³/mol. The van der Waals surface area contributed by atoms with Crippen molar-refractivity contribution < 1.29 is 4.79 Å². The topological polar surface area (TPSA) is 78.9 Å². The minimum atomic E-state index is -0.116. The first-order chi connectivity index (χ1) is 10.3. The van der Waals surface area contributed by atoms with Crippen LogP contribution in [0.5, 0.6) is 0 Å². The van der Waals surface area contributed by atoms with Gasteiger partial charge in [0.25, 0.3) is 5.91 Å². The third-order valence-electron chi connectivity index (χ3n) is 3.38. The number of hydrogen-bond acceptors (Lipinski definition) is 6. The molecule has 1 fully saturated rings. The molecule has 1 aliphatic heterocycles. The molecule has 0 bridgehead atoms. The fourth-order valence-electron chi connectivity index (χ4n) is 2.28. The number of aromatic nitrogens is 2. The molecule has 0 aliphatic carbocycles. The average Bonchev–Trinajstić information content (AvgIpc) is 2.97. The zero-order valence-electron chi connectivity index (χ0n) is 11.5. The van der Waals surface area contributed by atoms with Crippen molar-refractivity contribution in [3.05, 3.63) is 35.7 Å². The molecule has 6 nitrogen and oxygen atoms in total. The van der Waals surface area contributed by atoms with Crippen LogP contribution in [-0.2, 0) is 0 Å². The summed E-state index contributed by atoms with van der Waals surface area (Å²) in [6, 6.07) is 3.98. The quantitative estimate of drug-likeness (QED) is 0.802. The van der Waals surface area contributed by atoms with Crippen molar-refractivity contribution in [3.8, 4) is 0 Å². The molecule has 0 spiro atoms. The van der Waals surface area contributed by atoms with Crippen LogP contribution in [0.3, 0.4) is 0 Å². The SMILES string of the molecule is O=C(NC1CCNCC1)c1ncsc1Nc1cccnc1. The van der Waals surface area contributed by atoms with Crippen LogP contribution in [-0.4, -0.2) is 35.0 Å². The summed E-state index contributed by atoms with van der Waals surface area (Å²) in [4.78, 5) is 20.6. The lowest BCUT2D eigenvalue weighted by Crippen LogP contribution is -2.42. The van der Waals surface area contributed by atoms with Crippen molar-refractivity contribution in [2.75, 3.05) is 18.4 Å². The van der Waals surface area contributed by atoms with Crippen molar-refractivity contribution >= 4 is 27.9 Å². The Balaban J connectivity index is 1.68.